The molecule has 2 N–H and O–H groups in total. The Morgan fingerprint density at radius 3 is 2.62 bits per heavy atom. The number of para-hydroxylation sites is 2. The van der Waals surface area contributed by atoms with Crippen LogP contribution in [0.3, 0.4) is 0 Å². The molecule has 148 valence electrons. The molecular formula is C23H21NO5. The minimum absolute atomic E-state index is 0.190. The Bertz CT molecular complexity index is 990. The van der Waals surface area contributed by atoms with E-state index in [1.54, 1.807) is 36.4 Å². The Kier molecular flexibility index (Phi) is 5.63. The summed E-state index contributed by atoms with van der Waals surface area (Å²) in [6, 6.07) is 21.7. The average Bonchev–Trinajstić information content (AvgIpc) is 3.22. The van der Waals surface area contributed by atoms with Crippen LogP contribution in [-0.2, 0) is 0 Å². The van der Waals surface area contributed by atoms with Crippen molar-refractivity contribution >= 4 is 5.91 Å². The van der Waals surface area contributed by atoms with E-state index in [-0.39, 0.29) is 12.7 Å². The fourth-order valence-electron chi connectivity index (χ4n) is 3.06. The normalized spacial score (nSPS) is 13.0. The summed E-state index contributed by atoms with van der Waals surface area (Å²) in [5.41, 5.74) is 1.16. The van der Waals surface area contributed by atoms with Gasteiger partial charge in [-0.3, -0.25) is 4.79 Å². The fraction of sp³-hybridized carbons (Fsp3) is 0.174. The van der Waals surface area contributed by atoms with Gasteiger partial charge in [0.25, 0.3) is 5.91 Å². The Morgan fingerprint density at radius 1 is 1.00 bits per heavy atom. The highest BCUT2D eigenvalue weighted by Crippen LogP contribution is 2.34. The van der Waals surface area contributed by atoms with Crippen LogP contribution in [-0.4, -0.2) is 24.4 Å². The van der Waals surface area contributed by atoms with Crippen LogP contribution in [0, 0.1) is 0 Å². The first-order chi connectivity index (χ1) is 14.2. The van der Waals surface area contributed by atoms with Crippen LogP contribution in [0.1, 0.15) is 28.4 Å². The zero-order chi connectivity index (χ0) is 20.1. The third-order valence-electron chi connectivity index (χ3n) is 4.59. The van der Waals surface area contributed by atoms with Crippen molar-refractivity contribution in [3.8, 4) is 23.0 Å². The smallest absolute Gasteiger partial charge is 0.255 e. The molecule has 1 aliphatic heterocycles. The average molecular weight is 391 g/mol. The van der Waals surface area contributed by atoms with Gasteiger partial charge < -0.3 is 24.6 Å². The minimum atomic E-state index is -0.722. The molecule has 0 saturated heterocycles. The van der Waals surface area contributed by atoms with E-state index in [4.69, 9.17) is 14.2 Å². The van der Waals surface area contributed by atoms with Crippen LogP contribution < -0.4 is 19.5 Å². The van der Waals surface area contributed by atoms with Crippen LogP contribution >= 0.6 is 0 Å². The molecule has 6 nitrogen and oxygen atoms in total. The van der Waals surface area contributed by atoms with Crippen LogP contribution in [0.2, 0.25) is 0 Å². The molecule has 3 aromatic carbocycles. The van der Waals surface area contributed by atoms with Gasteiger partial charge in [0.2, 0.25) is 6.79 Å². The number of fused-ring (bicyclic) bond motifs is 1. The molecule has 1 unspecified atom stereocenters. The Hall–Kier alpha value is -3.51. The third kappa shape index (κ3) is 4.50. The molecule has 3 aromatic rings. The first kappa shape index (κ1) is 18.8. The number of hydrogen-bond acceptors (Lipinski definition) is 5. The summed E-state index contributed by atoms with van der Waals surface area (Å²) >= 11 is 0. The molecule has 0 spiro atoms. The molecule has 6 heteroatoms. The lowest BCUT2D eigenvalue weighted by Crippen LogP contribution is -2.26. The van der Waals surface area contributed by atoms with Crippen LogP contribution in [0.4, 0.5) is 0 Å². The molecule has 29 heavy (non-hydrogen) atoms. The first-order valence-electron chi connectivity index (χ1n) is 9.38. The van der Waals surface area contributed by atoms with Gasteiger partial charge in [0.1, 0.15) is 11.5 Å². The number of carbonyl (C=O) groups excluding carboxylic acids is 1. The predicted molar refractivity (Wildman–Crippen MR) is 107 cm³/mol. The van der Waals surface area contributed by atoms with E-state index in [1.807, 2.05) is 36.4 Å². The van der Waals surface area contributed by atoms with Crippen molar-refractivity contribution in [2.75, 3.05) is 13.3 Å². The van der Waals surface area contributed by atoms with E-state index in [1.165, 1.54) is 0 Å². The van der Waals surface area contributed by atoms with Crippen LogP contribution in [0.25, 0.3) is 0 Å². The van der Waals surface area contributed by atoms with Crippen molar-refractivity contribution in [3.05, 3.63) is 83.9 Å². The van der Waals surface area contributed by atoms with Gasteiger partial charge in [0.05, 0.1) is 11.7 Å². The lowest BCUT2D eigenvalue weighted by Gasteiger charge is -2.14. The van der Waals surface area contributed by atoms with Gasteiger partial charge in [-0.2, -0.15) is 0 Å². The minimum Gasteiger partial charge on any atom is -0.457 e. The molecule has 0 aliphatic carbocycles. The maximum absolute atomic E-state index is 12.6. The number of carbonyl (C=O) groups is 1. The van der Waals surface area contributed by atoms with Crippen molar-refractivity contribution in [2.45, 2.75) is 12.5 Å². The number of benzene rings is 3. The number of rotatable bonds is 7. The lowest BCUT2D eigenvalue weighted by molar-refractivity contribution is 0.0940. The molecule has 4 rings (SSSR count). The lowest BCUT2D eigenvalue weighted by atomic mass is 10.1. The second-order valence-corrected chi connectivity index (χ2v) is 6.58. The van der Waals surface area contributed by atoms with Crippen molar-refractivity contribution in [1.82, 2.24) is 5.32 Å². The van der Waals surface area contributed by atoms with E-state index in [0.29, 0.717) is 41.5 Å². The van der Waals surface area contributed by atoms with Gasteiger partial charge in [-0.15, -0.1) is 0 Å². The summed E-state index contributed by atoms with van der Waals surface area (Å²) in [5.74, 6) is 2.18. The zero-order valence-corrected chi connectivity index (χ0v) is 15.7. The number of hydrogen-bond donors (Lipinski definition) is 2. The van der Waals surface area contributed by atoms with E-state index >= 15 is 0 Å². The first-order valence-corrected chi connectivity index (χ1v) is 9.38. The molecule has 0 bridgehead atoms. The van der Waals surface area contributed by atoms with E-state index in [2.05, 4.69) is 5.32 Å². The Balaban J connectivity index is 1.35. The molecule has 1 heterocycles. The molecule has 0 saturated carbocycles. The second-order valence-electron chi connectivity index (χ2n) is 6.58. The maximum atomic E-state index is 12.6. The number of aliphatic hydroxyl groups is 1. The van der Waals surface area contributed by atoms with Crippen LogP contribution in [0.15, 0.2) is 72.8 Å². The Morgan fingerprint density at radius 2 is 1.76 bits per heavy atom. The number of nitrogens with one attached hydrogen (secondary N) is 1. The SMILES string of the molecule is O=C(NCCC(O)c1ccc2c(c1)OCO2)c1ccccc1Oc1ccccc1. The molecule has 0 fully saturated rings. The molecule has 1 atom stereocenters. The zero-order valence-electron chi connectivity index (χ0n) is 15.7. The number of amides is 1. The predicted octanol–water partition coefficient (Wildman–Crippen LogP) is 4.06. The topological polar surface area (TPSA) is 77.0 Å². The fourth-order valence-corrected chi connectivity index (χ4v) is 3.06. The third-order valence-corrected chi connectivity index (χ3v) is 4.59. The molecule has 0 aromatic heterocycles. The summed E-state index contributed by atoms with van der Waals surface area (Å²) < 4.78 is 16.4. The quantitative estimate of drug-likeness (QED) is 0.635. The highest BCUT2D eigenvalue weighted by molar-refractivity contribution is 5.97. The summed E-state index contributed by atoms with van der Waals surface area (Å²) in [6.45, 7) is 0.503. The van der Waals surface area contributed by atoms with E-state index < -0.39 is 6.10 Å². The van der Waals surface area contributed by atoms with Gasteiger partial charge >= 0.3 is 0 Å². The van der Waals surface area contributed by atoms with Crippen molar-refractivity contribution in [1.29, 1.82) is 0 Å². The van der Waals surface area contributed by atoms with Gasteiger partial charge in [-0.05, 0) is 48.4 Å². The molecule has 0 radical (unpaired) electrons. The molecule has 1 aliphatic rings. The highest BCUT2D eigenvalue weighted by atomic mass is 16.7. The summed E-state index contributed by atoms with van der Waals surface area (Å²) in [5, 5.41) is 13.3. The summed E-state index contributed by atoms with van der Waals surface area (Å²) in [7, 11) is 0. The number of aliphatic hydroxyl groups excluding tert-OH is 1. The molecule has 1 amide bonds. The van der Waals surface area contributed by atoms with Crippen molar-refractivity contribution in [2.24, 2.45) is 0 Å². The standard InChI is InChI=1S/C23H21NO5/c25-19(16-10-11-21-22(14-16)28-15-27-21)12-13-24-23(26)18-8-4-5-9-20(18)29-17-6-2-1-3-7-17/h1-11,14,19,25H,12-13,15H2,(H,24,26). The highest BCUT2D eigenvalue weighted by Gasteiger charge is 2.17. The summed E-state index contributed by atoms with van der Waals surface area (Å²) in [4.78, 5) is 12.6. The van der Waals surface area contributed by atoms with Gasteiger partial charge in [-0.25, -0.2) is 0 Å². The molecular weight excluding hydrogens is 370 g/mol. The summed E-state index contributed by atoms with van der Waals surface area (Å²) in [6.07, 6.45) is -0.354. The van der Waals surface area contributed by atoms with E-state index in [9.17, 15) is 9.90 Å². The number of ether oxygens (including phenoxy) is 3. The maximum Gasteiger partial charge on any atom is 0.255 e. The monoisotopic (exact) mass is 391 g/mol. The van der Waals surface area contributed by atoms with E-state index in [0.717, 1.165) is 5.56 Å². The second kappa shape index (κ2) is 8.67. The van der Waals surface area contributed by atoms with Gasteiger partial charge in [-0.1, -0.05) is 36.4 Å². The Labute approximate surface area is 168 Å². The van der Waals surface area contributed by atoms with Gasteiger partial charge in [0.15, 0.2) is 11.5 Å². The van der Waals surface area contributed by atoms with Crippen molar-refractivity contribution in [3.63, 3.8) is 0 Å². The van der Waals surface area contributed by atoms with Crippen molar-refractivity contribution < 1.29 is 24.1 Å². The van der Waals surface area contributed by atoms with Gasteiger partial charge in [0, 0.05) is 6.54 Å². The van der Waals surface area contributed by atoms with Crippen LogP contribution in [0.5, 0.6) is 23.0 Å². The largest absolute Gasteiger partial charge is 0.457 e.